The van der Waals surface area contributed by atoms with Crippen LogP contribution in [0.5, 0.6) is 0 Å². The summed E-state index contributed by atoms with van der Waals surface area (Å²) in [6.07, 6.45) is 7.77. The zero-order valence-corrected chi connectivity index (χ0v) is 17.8. The minimum atomic E-state index is -0.824. The summed E-state index contributed by atoms with van der Waals surface area (Å²) >= 11 is 0. The second kappa shape index (κ2) is 8.77. The Kier molecular flexibility index (Phi) is 6.08. The van der Waals surface area contributed by atoms with Gasteiger partial charge in [-0.25, -0.2) is 0 Å². The van der Waals surface area contributed by atoms with Gasteiger partial charge in [-0.2, -0.15) is 0 Å². The Morgan fingerprint density at radius 1 is 1.00 bits per heavy atom. The number of carbonyl (C=O) groups excluding carboxylic acids is 2. The summed E-state index contributed by atoms with van der Waals surface area (Å²) < 4.78 is 0. The van der Waals surface area contributed by atoms with Gasteiger partial charge in [-0.15, -0.1) is 0 Å². The van der Waals surface area contributed by atoms with Crippen LogP contribution >= 0.6 is 0 Å². The van der Waals surface area contributed by atoms with Gasteiger partial charge in [0.1, 0.15) is 0 Å². The van der Waals surface area contributed by atoms with E-state index in [1.165, 1.54) is 11.3 Å². The van der Waals surface area contributed by atoms with Crippen molar-refractivity contribution in [2.45, 2.75) is 50.7 Å². The number of aliphatic hydroxyl groups is 2. The molecule has 0 bridgehead atoms. The quantitative estimate of drug-likeness (QED) is 0.682. The third-order valence-corrected chi connectivity index (χ3v) is 6.45. The van der Waals surface area contributed by atoms with Crippen LogP contribution < -0.4 is 0 Å². The number of imide groups is 1. The molecule has 162 valence electrons. The molecule has 0 spiro atoms. The standard InChI is InChI=1S/C26H29NO4/c1-18(17-27-24(29)21-10-3-4-11-22(21)25(27)30)23(28)20-9-7-8-19(16-20)12-15-26(31)13-5-2-6-14-26/h3-4,7-12,15-16,18,23,28,31H,2,5-6,13-14,17H2,1H3/t18-,23-/m1/s1. The van der Waals surface area contributed by atoms with E-state index in [-0.39, 0.29) is 24.3 Å². The molecule has 0 aromatic heterocycles. The normalized spacial score (nSPS) is 20.2. The van der Waals surface area contributed by atoms with Crippen LogP contribution in [0, 0.1) is 5.92 Å². The summed E-state index contributed by atoms with van der Waals surface area (Å²) in [7, 11) is 0. The van der Waals surface area contributed by atoms with Gasteiger partial charge < -0.3 is 10.2 Å². The van der Waals surface area contributed by atoms with Crippen molar-refractivity contribution in [3.8, 4) is 0 Å². The van der Waals surface area contributed by atoms with Crippen LogP contribution in [0.1, 0.15) is 77.0 Å². The molecule has 5 heteroatoms. The lowest BCUT2D eigenvalue weighted by molar-refractivity contribution is 0.0518. The number of aliphatic hydroxyl groups excluding tert-OH is 1. The van der Waals surface area contributed by atoms with Gasteiger partial charge in [0.05, 0.1) is 22.8 Å². The van der Waals surface area contributed by atoms with E-state index in [0.717, 1.165) is 36.8 Å². The third kappa shape index (κ3) is 4.48. The van der Waals surface area contributed by atoms with Crippen molar-refractivity contribution in [3.05, 3.63) is 76.9 Å². The van der Waals surface area contributed by atoms with Crippen molar-refractivity contribution in [2.75, 3.05) is 6.54 Å². The monoisotopic (exact) mass is 419 g/mol. The lowest BCUT2D eigenvalue weighted by Gasteiger charge is -2.28. The Morgan fingerprint density at radius 3 is 2.29 bits per heavy atom. The topological polar surface area (TPSA) is 77.8 Å². The summed E-state index contributed by atoms with van der Waals surface area (Å²) in [5.41, 5.74) is 1.72. The minimum absolute atomic E-state index is 0.146. The maximum Gasteiger partial charge on any atom is 0.261 e. The van der Waals surface area contributed by atoms with Crippen LogP contribution in [-0.2, 0) is 0 Å². The average Bonchev–Trinajstić information content (AvgIpc) is 3.03. The summed E-state index contributed by atoms with van der Waals surface area (Å²) in [5.74, 6) is -0.946. The summed E-state index contributed by atoms with van der Waals surface area (Å²) in [5, 5.41) is 21.6. The van der Waals surface area contributed by atoms with Crippen LogP contribution in [0.15, 0.2) is 54.6 Å². The van der Waals surface area contributed by atoms with Gasteiger partial charge in [0.2, 0.25) is 0 Å². The molecular weight excluding hydrogens is 390 g/mol. The van der Waals surface area contributed by atoms with Crippen LogP contribution in [0.2, 0.25) is 0 Å². The summed E-state index contributed by atoms with van der Waals surface area (Å²) in [4.78, 5) is 26.4. The van der Waals surface area contributed by atoms with E-state index in [1.807, 2.05) is 43.3 Å². The first-order chi connectivity index (χ1) is 14.9. The van der Waals surface area contributed by atoms with Gasteiger partial charge in [-0.05, 0) is 42.2 Å². The molecule has 1 fully saturated rings. The average molecular weight is 420 g/mol. The second-order valence-corrected chi connectivity index (χ2v) is 8.86. The number of fused-ring (bicyclic) bond motifs is 1. The number of carbonyl (C=O) groups is 2. The van der Waals surface area contributed by atoms with E-state index in [9.17, 15) is 19.8 Å². The summed E-state index contributed by atoms with van der Waals surface area (Å²) in [6, 6.07) is 14.4. The fraction of sp³-hybridized carbons (Fsp3) is 0.385. The maximum atomic E-state index is 12.6. The largest absolute Gasteiger partial charge is 0.388 e. The van der Waals surface area contributed by atoms with Gasteiger partial charge in [0, 0.05) is 12.5 Å². The molecule has 2 aliphatic rings. The maximum absolute atomic E-state index is 12.6. The van der Waals surface area contributed by atoms with Crippen molar-refractivity contribution >= 4 is 17.9 Å². The Bertz CT molecular complexity index is 971. The van der Waals surface area contributed by atoms with Gasteiger partial charge in [0.25, 0.3) is 11.8 Å². The molecule has 1 heterocycles. The molecule has 0 radical (unpaired) electrons. The zero-order chi connectivity index (χ0) is 22.0. The molecule has 2 atom stereocenters. The van der Waals surface area contributed by atoms with E-state index in [2.05, 4.69) is 0 Å². The molecule has 2 N–H and O–H groups in total. The van der Waals surface area contributed by atoms with Crippen LogP contribution in [0.4, 0.5) is 0 Å². The van der Waals surface area contributed by atoms with Crippen LogP contribution in [0.25, 0.3) is 6.08 Å². The molecule has 1 saturated carbocycles. The highest BCUT2D eigenvalue weighted by atomic mass is 16.3. The predicted octanol–water partition coefficient (Wildman–Crippen LogP) is 4.36. The Hall–Kier alpha value is -2.76. The lowest BCUT2D eigenvalue weighted by atomic mass is 9.84. The molecule has 2 aromatic rings. The van der Waals surface area contributed by atoms with Gasteiger partial charge in [-0.1, -0.05) is 68.7 Å². The molecule has 1 aliphatic heterocycles. The van der Waals surface area contributed by atoms with E-state index >= 15 is 0 Å². The molecule has 4 rings (SSSR count). The second-order valence-electron chi connectivity index (χ2n) is 8.86. The van der Waals surface area contributed by atoms with Crippen LogP contribution in [0.3, 0.4) is 0 Å². The molecule has 0 saturated heterocycles. The number of benzene rings is 2. The van der Waals surface area contributed by atoms with Crippen molar-refractivity contribution in [1.29, 1.82) is 0 Å². The van der Waals surface area contributed by atoms with E-state index in [0.29, 0.717) is 11.1 Å². The van der Waals surface area contributed by atoms with Gasteiger partial charge in [0.15, 0.2) is 0 Å². The first-order valence-electron chi connectivity index (χ1n) is 11.0. The van der Waals surface area contributed by atoms with Crippen molar-refractivity contribution < 1.29 is 19.8 Å². The van der Waals surface area contributed by atoms with Crippen molar-refractivity contribution in [2.24, 2.45) is 5.92 Å². The van der Waals surface area contributed by atoms with Crippen molar-refractivity contribution in [3.63, 3.8) is 0 Å². The highest BCUT2D eigenvalue weighted by molar-refractivity contribution is 6.21. The number of amides is 2. The summed E-state index contributed by atoms with van der Waals surface area (Å²) in [6.45, 7) is 1.98. The van der Waals surface area contributed by atoms with Crippen LogP contribution in [-0.4, -0.2) is 39.1 Å². The number of hydrogen-bond donors (Lipinski definition) is 2. The predicted molar refractivity (Wildman–Crippen MR) is 119 cm³/mol. The number of nitrogens with zero attached hydrogens (tertiary/aromatic N) is 1. The molecule has 5 nitrogen and oxygen atoms in total. The molecule has 1 aliphatic carbocycles. The molecule has 0 unspecified atom stereocenters. The molecule has 31 heavy (non-hydrogen) atoms. The molecular formula is C26H29NO4. The fourth-order valence-electron chi connectivity index (χ4n) is 4.55. The Balaban J connectivity index is 1.45. The first-order valence-corrected chi connectivity index (χ1v) is 11.0. The van der Waals surface area contributed by atoms with Crippen molar-refractivity contribution in [1.82, 2.24) is 4.90 Å². The third-order valence-electron chi connectivity index (χ3n) is 6.45. The molecule has 2 aromatic carbocycles. The van der Waals surface area contributed by atoms with E-state index in [4.69, 9.17) is 0 Å². The Labute approximate surface area is 183 Å². The zero-order valence-electron chi connectivity index (χ0n) is 17.8. The fourth-order valence-corrected chi connectivity index (χ4v) is 4.55. The van der Waals surface area contributed by atoms with Gasteiger partial charge >= 0.3 is 0 Å². The lowest BCUT2D eigenvalue weighted by Crippen LogP contribution is -2.35. The Morgan fingerprint density at radius 2 is 1.65 bits per heavy atom. The highest BCUT2D eigenvalue weighted by Gasteiger charge is 2.36. The van der Waals surface area contributed by atoms with E-state index < -0.39 is 11.7 Å². The minimum Gasteiger partial charge on any atom is -0.388 e. The number of hydrogen-bond acceptors (Lipinski definition) is 4. The highest BCUT2D eigenvalue weighted by Crippen LogP contribution is 2.31. The number of rotatable bonds is 6. The van der Waals surface area contributed by atoms with E-state index in [1.54, 1.807) is 24.3 Å². The molecule has 2 amide bonds. The SMILES string of the molecule is C[C@H](CN1C(=O)c2ccccc2C1=O)[C@@H](O)c1cccc(C=CC2(O)CCCCC2)c1. The first kappa shape index (κ1) is 21.5. The van der Waals surface area contributed by atoms with Gasteiger partial charge in [-0.3, -0.25) is 14.5 Å². The smallest absolute Gasteiger partial charge is 0.261 e.